The molecule has 190 valence electrons. The highest BCUT2D eigenvalue weighted by atomic mass is 35.5. The maximum Gasteiger partial charge on any atom is 0.243 e. The van der Waals surface area contributed by atoms with E-state index in [1.807, 2.05) is 74.5 Å². The van der Waals surface area contributed by atoms with E-state index < -0.39 is 6.04 Å². The molecular weight excluding hydrogens is 495 g/mol. The van der Waals surface area contributed by atoms with Crippen LogP contribution in [-0.4, -0.2) is 35.9 Å². The predicted molar refractivity (Wildman–Crippen MR) is 146 cm³/mol. The Labute approximate surface area is 223 Å². The van der Waals surface area contributed by atoms with Crippen LogP contribution >= 0.6 is 23.2 Å². The van der Waals surface area contributed by atoms with E-state index in [4.69, 9.17) is 27.9 Å². The minimum Gasteiger partial charge on any atom is -0.497 e. The van der Waals surface area contributed by atoms with Crippen LogP contribution in [-0.2, 0) is 29.0 Å². The second kappa shape index (κ2) is 13.3. The van der Waals surface area contributed by atoms with Gasteiger partial charge in [-0.05, 0) is 54.3 Å². The number of halogens is 2. The van der Waals surface area contributed by atoms with Crippen molar-refractivity contribution < 1.29 is 14.3 Å². The number of nitrogens with zero attached hydrogens (tertiary/aromatic N) is 1. The van der Waals surface area contributed by atoms with Crippen molar-refractivity contribution in [3.63, 3.8) is 0 Å². The second-order valence-electron chi connectivity index (χ2n) is 8.82. The van der Waals surface area contributed by atoms with Gasteiger partial charge in [0.1, 0.15) is 11.8 Å². The summed E-state index contributed by atoms with van der Waals surface area (Å²) >= 11 is 12.4. The zero-order valence-corrected chi connectivity index (χ0v) is 22.4. The molecule has 0 spiro atoms. The van der Waals surface area contributed by atoms with E-state index in [9.17, 15) is 9.59 Å². The maximum atomic E-state index is 13.8. The zero-order valence-electron chi connectivity index (χ0n) is 20.8. The summed E-state index contributed by atoms with van der Waals surface area (Å²) in [6, 6.07) is 21.6. The molecular formula is C29H32Cl2N2O3. The first-order chi connectivity index (χ1) is 17.3. The molecule has 0 aliphatic rings. The highest BCUT2D eigenvalue weighted by molar-refractivity contribution is 6.42. The molecule has 0 heterocycles. The number of nitrogens with one attached hydrogen (secondary N) is 1. The molecule has 0 aliphatic heterocycles. The fourth-order valence-electron chi connectivity index (χ4n) is 3.85. The Morgan fingerprint density at radius 3 is 2.19 bits per heavy atom. The van der Waals surface area contributed by atoms with Gasteiger partial charge in [-0.2, -0.15) is 0 Å². The summed E-state index contributed by atoms with van der Waals surface area (Å²) in [6.07, 6.45) is 1.32. The van der Waals surface area contributed by atoms with E-state index in [2.05, 4.69) is 5.32 Å². The first-order valence-corrected chi connectivity index (χ1v) is 12.8. The van der Waals surface area contributed by atoms with E-state index in [0.29, 0.717) is 22.2 Å². The Bertz CT molecular complexity index is 1150. The molecule has 5 nitrogen and oxygen atoms in total. The molecule has 3 aromatic carbocycles. The van der Waals surface area contributed by atoms with Gasteiger partial charge in [0, 0.05) is 19.0 Å². The van der Waals surface area contributed by atoms with Gasteiger partial charge in [0.15, 0.2) is 0 Å². The zero-order chi connectivity index (χ0) is 26.1. The topological polar surface area (TPSA) is 58.6 Å². The van der Waals surface area contributed by atoms with Crippen LogP contribution in [0, 0.1) is 0 Å². The molecule has 0 saturated carbocycles. The van der Waals surface area contributed by atoms with E-state index in [1.54, 1.807) is 24.1 Å². The van der Waals surface area contributed by atoms with Crippen molar-refractivity contribution >= 4 is 35.0 Å². The highest BCUT2D eigenvalue weighted by Crippen LogP contribution is 2.25. The minimum atomic E-state index is -0.707. The molecule has 0 radical (unpaired) electrons. The largest absolute Gasteiger partial charge is 0.497 e. The summed E-state index contributed by atoms with van der Waals surface area (Å²) in [4.78, 5) is 29.0. The number of rotatable bonds is 11. The fraction of sp³-hybridized carbons (Fsp3) is 0.310. The van der Waals surface area contributed by atoms with Gasteiger partial charge in [0.05, 0.1) is 23.6 Å². The standard InChI is InChI=1S/C29H32Cl2N2O3/c1-4-20(2)32-29(35)27(17-21-8-6-5-7-9-21)33(19-23-12-15-25(30)26(31)16-23)28(34)18-22-10-13-24(36-3)14-11-22/h5-16,20,27H,4,17-19H2,1-3H3,(H,32,35). The van der Waals surface area contributed by atoms with Crippen molar-refractivity contribution in [3.8, 4) is 5.75 Å². The van der Waals surface area contributed by atoms with Crippen molar-refractivity contribution in [3.05, 3.63) is 99.5 Å². The van der Waals surface area contributed by atoms with Gasteiger partial charge >= 0.3 is 0 Å². The van der Waals surface area contributed by atoms with Crippen molar-refractivity contribution in [2.75, 3.05) is 7.11 Å². The first-order valence-electron chi connectivity index (χ1n) is 12.0. The molecule has 0 aliphatic carbocycles. The number of methoxy groups -OCH3 is 1. The summed E-state index contributed by atoms with van der Waals surface area (Å²) in [7, 11) is 1.60. The van der Waals surface area contributed by atoms with Crippen molar-refractivity contribution in [1.82, 2.24) is 10.2 Å². The average Bonchev–Trinajstić information content (AvgIpc) is 2.89. The Morgan fingerprint density at radius 2 is 1.58 bits per heavy atom. The quantitative estimate of drug-likeness (QED) is 0.328. The Morgan fingerprint density at radius 1 is 0.917 bits per heavy atom. The van der Waals surface area contributed by atoms with Crippen LogP contribution < -0.4 is 10.1 Å². The molecule has 0 bridgehead atoms. The summed E-state index contributed by atoms with van der Waals surface area (Å²) < 4.78 is 5.23. The lowest BCUT2D eigenvalue weighted by atomic mass is 10.0. The van der Waals surface area contributed by atoms with Gasteiger partial charge in [0.25, 0.3) is 0 Å². The summed E-state index contributed by atoms with van der Waals surface area (Å²) in [5.41, 5.74) is 2.60. The lowest BCUT2D eigenvalue weighted by molar-refractivity contribution is -0.141. The smallest absolute Gasteiger partial charge is 0.243 e. The number of carbonyl (C=O) groups is 2. The highest BCUT2D eigenvalue weighted by Gasteiger charge is 2.31. The van der Waals surface area contributed by atoms with Crippen LogP contribution in [0.4, 0.5) is 0 Å². The molecule has 2 amide bonds. The number of hydrogen-bond acceptors (Lipinski definition) is 3. The predicted octanol–water partition coefficient (Wildman–Crippen LogP) is 6.10. The van der Waals surface area contributed by atoms with Crippen LogP contribution in [0.3, 0.4) is 0 Å². The number of benzene rings is 3. The van der Waals surface area contributed by atoms with Gasteiger partial charge in [0.2, 0.25) is 11.8 Å². The lowest BCUT2D eigenvalue weighted by Gasteiger charge is -2.32. The van der Waals surface area contributed by atoms with Crippen LogP contribution in [0.25, 0.3) is 0 Å². The SMILES string of the molecule is CCC(C)NC(=O)C(Cc1ccccc1)N(Cc1ccc(Cl)c(Cl)c1)C(=O)Cc1ccc(OC)cc1. The molecule has 3 aromatic rings. The van der Waals surface area contributed by atoms with E-state index in [1.165, 1.54) is 0 Å². The van der Waals surface area contributed by atoms with Crippen LogP contribution in [0.15, 0.2) is 72.8 Å². The monoisotopic (exact) mass is 526 g/mol. The van der Waals surface area contributed by atoms with Crippen molar-refractivity contribution in [2.45, 2.75) is 51.7 Å². The third kappa shape index (κ3) is 7.74. The molecule has 0 aromatic heterocycles. The van der Waals surface area contributed by atoms with E-state index >= 15 is 0 Å². The third-order valence-electron chi connectivity index (χ3n) is 6.12. The molecule has 3 rings (SSSR count). The van der Waals surface area contributed by atoms with Crippen LogP contribution in [0.5, 0.6) is 5.75 Å². The van der Waals surface area contributed by atoms with Gasteiger partial charge in [-0.1, -0.05) is 78.7 Å². The van der Waals surface area contributed by atoms with E-state index in [0.717, 1.165) is 23.1 Å². The molecule has 0 saturated heterocycles. The molecule has 7 heteroatoms. The van der Waals surface area contributed by atoms with Gasteiger partial charge in [-0.3, -0.25) is 9.59 Å². The van der Waals surface area contributed by atoms with Gasteiger partial charge < -0.3 is 15.0 Å². The molecule has 2 unspecified atom stereocenters. The normalized spacial score (nSPS) is 12.5. The second-order valence-corrected chi connectivity index (χ2v) is 9.63. The Kier molecular flexibility index (Phi) is 10.2. The number of ether oxygens (including phenoxy) is 1. The van der Waals surface area contributed by atoms with Crippen molar-refractivity contribution in [2.24, 2.45) is 0 Å². The number of carbonyl (C=O) groups excluding carboxylic acids is 2. The first kappa shape index (κ1) is 27.6. The fourth-order valence-corrected chi connectivity index (χ4v) is 4.17. The minimum absolute atomic E-state index is 0.0145. The summed E-state index contributed by atoms with van der Waals surface area (Å²) in [5.74, 6) is 0.372. The maximum absolute atomic E-state index is 13.8. The Hall–Kier alpha value is -3.02. The Balaban J connectivity index is 1.97. The van der Waals surface area contributed by atoms with Crippen molar-refractivity contribution in [1.29, 1.82) is 0 Å². The number of amides is 2. The molecule has 1 N–H and O–H groups in total. The lowest BCUT2D eigenvalue weighted by Crippen LogP contribution is -2.52. The van der Waals surface area contributed by atoms with Gasteiger partial charge in [-0.15, -0.1) is 0 Å². The molecule has 36 heavy (non-hydrogen) atoms. The third-order valence-corrected chi connectivity index (χ3v) is 6.86. The van der Waals surface area contributed by atoms with Gasteiger partial charge in [-0.25, -0.2) is 0 Å². The summed E-state index contributed by atoms with van der Waals surface area (Å²) in [6.45, 7) is 4.19. The van der Waals surface area contributed by atoms with Crippen LogP contribution in [0.2, 0.25) is 10.0 Å². The van der Waals surface area contributed by atoms with E-state index in [-0.39, 0.29) is 30.8 Å². The molecule has 2 atom stereocenters. The summed E-state index contributed by atoms with van der Waals surface area (Å²) in [5, 5.41) is 3.91. The average molecular weight is 527 g/mol. The molecule has 0 fully saturated rings. The van der Waals surface area contributed by atoms with Crippen LogP contribution in [0.1, 0.15) is 37.0 Å². The number of hydrogen-bond donors (Lipinski definition) is 1.